The number of anilines is 1. The third kappa shape index (κ3) is 3.19. The molecule has 2 amide bonds. The minimum atomic E-state index is -0.553. The van der Waals surface area contributed by atoms with Gasteiger partial charge in [0.15, 0.2) is 0 Å². The third-order valence-corrected chi connectivity index (χ3v) is 6.07. The molecule has 0 spiro atoms. The minimum absolute atomic E-state index is 0.0416. The van der Waals surface area contributed by atoms with E-state index in [0.717, 1.165) is 19.0 Å². The summed E-state index contributed by atoms with van der Waals surface area (Å²) < 4.78 is 2.41. The molecule has 0 radical (unpaired) electrons. The molecule has 1 saturated heterocycles. The number of hydrogen-bond acceptors (Lipinski definition) is 3. The molecular formula is C14H16Br3N3O2. The van der Waals surface area contributed by atoms with Crippen molar-refractivity contribution in [2.75, 3.05) is 12.3 Å². The molecule has 0 aromatic heterocycles. The van der Waals surface area contributed by atoms with E-state index in [-0.39, 0.29) is 11.8 Å². The maximum Gasteiger partial charge on any atom is 0.240 e. The Bertz CT molecular complexity index is 636. The predicted molar refractivity (Wildman–Crippen MR) is 96.3 cm³/mol. The van der Waals surface area contributed by atoms with Crippen LogP contribution in [-0.2, 0) is 9.59 Å². The van der Waals surface area contributed by atoms with Crippen molar-refractivity contribution in [2.24, 2.45) is 5.73 Å². The van der Waals surface area contributed by atoms with Crippen molar-refractivity contribution >= 4 is 65.3 Å². The summed E-state index contributed by atoms with van der Waals surface area (Å²) in [5.74, 6) is -0.569. The van der Waals surface area contributed by atoms with Crippen LogP contribution in [0, 0.1) is 0 Å². The van der Waals surface area contributed by atoms with E-state index in [2.05, 4.69) is 47.8 Å². The van der Waals surface area contributed by atoms with Gasteiger partial charge < -0.3 is 16.4 Å². The molecule has 1 aromatic rings. The fourth-order valence-corrected chi connectivity index (χ4v) is 5.57. The quantitative estimate of drug-likeness (QED) is 0.626. The largest absolute Gasteiger partial charge is 0.397 e. The average molecular weight is 498 g/mol. The number of likely N-dealkylation sites (tertiary alicyclic amines) is 1. The summed E-state index contributed by atoms with van der Waals surface area (Å²) in [4.78, 5) is 25.4. The first-order chi connectivity index (χ1) is 10.3. The molecule has 1 aliphatic heterocycles. The van der Waals surface area contributed by atoms with Crippen molar-refractivity contribution in [1.29, 1.82) is 0 Å². The van der Waals surface area contributed by atoms with Gasteiger partial charge in [-0.05, 0) is 49.9 Å². The van der Waals surface area contributed by atoms with Crippen LogP contribution in [-0.4, -0.2) is 29.3 Å². The van der Waals surface area contributed by atoms with Crippen molar-refractivity contribution in [2.45, 2.75) is 31.7 Å². The summed E-state index contributed by atoms with van der Waals surface area (Å²) in [6, 6.07) is 1.32. The molecule has 0 saturated carbocycles. The smallest absolute Gasteiger partial charge is 0.240 e. The van der Waals surface area contributed by atoms with Crippen molar-refractivity contribution in [3.05, 3.63) is 25.0 Å². The number of primary amides is 1. The molecule has 5 nitrogen and oxygen atoms in total. The van der Waals surface area contributed by atoms with Crippen LogP contribution in [0.1, 0.15) is 31.2 Å². The Kier molecular flexibility index (Phi) is 5.55. The van der Waals surface area contributed by atoms with Crippen LogP contribution in [0.4, 0.5) is 5.69 Å². The topological polar surface area (TPSA) is 89.4 Å². The lowest BCUT2D eigenvalue weighted by atomic mass is 9.97. The van der Waals surface area contributed by atoms with Crippen molar-refractivity contribution in [1.82, 2.24) is 4.90 Å². The van der Waals surface area contributed by atoms with Gasteiger partial charge in [-0.1, -0.05) is 22.9 Å². The predicted octanol–water partition coefficient (Wildman–Crippen LogP) is 3.14. The van der Waals surface area contributed by atoms with E-state index in [1.165, 1.54) is 0 Å². The first kappa shape index (κ1) is 17.7. The monoisotopic (exact) mass is 495 g/mol. The zero-order valence-corrected chi connectivity index (χ0v) is 16.7. The van der Waals surface area contributed by atoms with Gasteiger partial charge in [-0.3, -0.25) is 9.59 Å². The number of amides is 2. The van der Waals surface area contributed by atoms with Crippen LogP contribution in [0.5, 0.6) is 0 Å². The van der Waals surface area contributed by atoms with Crippen LogP contribution in [0.3, 0.4) is 0 Å². The molecule has 1 aromatic carbocycles. The molecule has 0 aliphatic carbocycles. The molecule has 1 fully saturated rings. The first-order valence-electron chi connectivity index (χ1n) is 6.79. The molecule has 1 aliphatic rings. The molecular weight excluding hydrogens is 482 g/mol. The van der Waals surface area contributed by atoms with E-state index in [9.17, 15) is 9.59 Å². The zero-order chi connectivity index (χ0) is 16.6. The number of carbonyl (C=O) groups excluding carboxylic acids is 2. The highest BCUT2D eigenvalue weighted by Gasteiger charge is 2.38. The number of carbonyl (C=O) groups is 2. The Morgan fingerprint density at radius 2 is 2.05 bits per heavy atom. The van der Waals surface area contributed by atoms with Gasteiger partial charge in [0, 0.05) is 32.3 Å². The second-order valence-corrected chi connectivity index (χ2v) is 7.76. The number of benzene rings is 1. The Hall–Kier alpha value is -0.600. The highest BCUT2D eigenvalue weighted by atomic mass is 79.9. The summed E-state index contributed by atoms with van der Waals surface area (Å²) >= 11 is 10.4. The average Bonchev–Trinajstić information content (AvgIpc) is 2.78. The fraction of sp³-hybridized carbons (Fsp3) is 0.429. The van der Waals surface area contributed by atoms with E-state index in [1.807, 2.05) is 13.0 Å². The second-order valence-electron chi connectivity index (χ2n) is 5.26. The zero-order valence-electron chi connectivity index (χ0n) is 11.9. The van der Waals surface area contributed by atoms with Gasteiger partial charge in [0.2, 0.25) is 11.8 Å². The van der Waals surface area contributed by atoms with Gasteiger partial charge >= 0.3 is 0 Å². The fourth-order valence-electron chi connectivity index (χ4n) is 2.80. The highest BCUT2D eigenvalue weighted by molar-refractivity contribution is 9.11. The van der Waals surface area contributed by atoms with E-state index >= 15 is 0 Å². The van der Waals surface area contributed by atoms with Crippen molar-refractivity contribution in [3.8, 4) is 0 Å². The molecule has 2 rings (SSSR count). The maximum absolute atomic E-state index is 12.3. The van der Waals surface area contributed by atoms with E-state index in [4.69, 9.17) is 11.5 Å². The summed E-state index contributed by atoms with van der Waals surface area (Å²) in [7, 11) is 0. The minimum Gasteiger partial charge on any atom is -0.397 e. The van der Waals surface area contributed by atoms with Gasteiger partial charge in [-0.25, -0.2) is 0 Å². The Labute approximate surface area is 154 Å². The number of nitrogen functional groups attached to an aromatic ring is 1. The lowest BCUT2D eigenvalue weighted by Gasteiger charge is -2.25. The molecule has 2 unspecified atom stereocenters. The number of rotatable bonds is 4. The molecule has 8 heteroatoms. The van der Waals surface area contributed by atoms with Gasteiger partial charge in [-0.15, -0.1) is 0 Å². The van der Waals surface area contributed by atoms with Gasteiger partial charge in [-0.2, -0.15) is 0 Å². The highest BCUT2D eigenvalue weighted by Crippen LogP contribution is 2.43. The third-order valence-electron chi connectivity index (χ3n) is 3.90. The van der Waals surface area contributed by atoms with E-state index in [0.29, 0.717) is 25.1 Å². The Morgan fingerprint density at radius 1 is 1.41 bits per heavy atom. The molecule has 2 atom stereocenters. The second kappa shape index (κ2) is 6.88. The summed E-state index contributed by atoms with van der Waals surface area (Å²) in [6.45, 7) is 2.30. The summed E-state index contributed by atoms with van der Waals surface area (Å²) in [5.41, 5.74) is 13.0. The Balaban J connectivity index is 2.36. The van der Waals surface area contributed by atoms with Crippen LogP contribution in [0.2, 0.25) is 0 Å². The molecule has 22 heavy (non-hydrogen) atoms. The normalized spacial score (nSPS) is 19.5. The van der Waals surface area contributed by atoms with Crippen LogP contribution < -0.4 is 11.5 Å². The molecule has 4 N–H and O–H groups in total. The van der Waals surface area contributed by atoms with Gasteiger partial charge in [0.25, 0.3) is 0 Å². The standard InChI is InChI=1S/C14H16Br3N3O2/c1-2-9(14(19)22)20-5-6(3-10(20)21)11-7(15)4-8(16)13(18)12(11)17/h4,6,9H,2-3,5,18H2,1H3,(H2,19,22). The SMILES string of the molecule is CCC(C(N)=O)N1CC(c2c(Br)cc(Br)c(N)c2Br)CC1=O. The lowest BCUT2D eigenvalue weighted by Crippen LogP contribution is -2.45. The Morgan fingerprint density at radius 3 is 2.59 bits per heavy atom. The summed E-state index contributed by atoms with van der Waals surface area (Å²) in [5, 5.41) is 0. The first-order valence-corrected chi connectivity index (χ1v) is 9.17. The molecule has 120 valence electrons. The van der Waals surface area contributed by atoms with Crippen LogP contribution >= 0.6 is 47.8 Å². The van der Waals surface area contributed by atoms with Gasteiger partial charge in [0.1, 0.15) is 6.04 Å². The lowest BCUT2D eigenvalue weighted by molar-refractivity contribution is -0.136. The number of nitrogens with two attached hydrogens (primary N) is 2. The van der Waals surface area contributed by atoms with E-state index < -0.39 is 11.9 Å². The molecule has 1 heterocycles. The van der Waals surface area contributed by atoms with Crippen molar-refractivity contribution in [3.63, 3.8) is 0 Å². The van der Waals surface area contributed by atoms with Crippen LogP contribution in [0.25, 0.3) is 0 Å². The van der Waals surface area contributed by atoms with E-state index in [1.54, 1.807) is 4.90 Å². The van der Waals surface area contributed by atoms with Crippen LogP contribution in [0.15, 0.2) is 19.5 Å². The number of nitrogens with zero attached hydrogens (tertiary/aromatic N) is 1. The molecule has 0 bridgehead atoms. The van der Waals surface area contributed by atoms with Crippen molar-refractivity contribution < 1.29 is 9.59 Å². The summed E-state index contributed by atoms with van der Waals surface area (Å²) in [6.07, 6.45) is 0.848. The number of halogens is 3. The number of hydrogen-bond donors (Lipinski definition) is 2. The van der Waals surface area contributed by atoms with Gasteiger partial charge in [0.05, 0.1) is 5.69 Å². The maximum atomic E-state index is 12.3.